The standard InChI is InChI=1S/C12H7BClF3N2O4S/c14-7-2-1-6-3-10-9(11(13(20)21)8(6)4-7)5-18-19(10)24(22,23)12(15,16)17/h1-5,20-21H. The summed E-state index contributed by atoms with van der Waals surface area (Å²) in [6, 6.07) is 5.40. The summed E-state index contributed by atoms with van der Waals surface area (Å²) in [6.45, 7) is 0. The number of aromatic nitrogens is 2. The molecular weight excluding hydrogens is 371 g/mol. The van der Waals surface area contributed by atoms with E-state index in [-0.39, 0.29) is 30.7 Å². The van der Waals surface area contributed by atoms with Crippen LogP contribution in [0.15, 0.2) is 30.5 Å². The van der Waals surface area contributed by atoms with Gasteiger partial charge < -0.3 is 10.0 Å². The molecule has 0 fully saturated rings. The maximum absolute atomic E-state index is 12.8. The number of halogens is 4. The summed E-state index contributed by atoms with van der Waals surface area (Å²) < 4.78 is 61.4. The van der Waals surface area contributed by atoms with Crippen LogP contribution < -0.4 is 5.46 Å². The van der Waals surface area contributed by atoms with E-state index >= 15 is 0 Å². The maximum atomic E-state index is 12.8. The van der Waals surface area contributed by atoms with Crippen LogP contribution in [0.2, 0.25) is 5.02 Å². The molecule has 0 spiro atoms. The highest BCUT2D eigenvalue weighted by molar-refractivity contribution is 7.90. The minimum Gasteiger partial charge on any atom is -0.423 e. The van der Waals surface area contributed by atoms with Crippen molar-refractivity contribution in [2.45, 2.75) is 5.51 Å². The first-order valence-corrected chi connectivity index (χ1v) is 8.13. The zero-order valence-electron chi connectivity index (χ0n) is 11.5. The number of benzene rings is 2. The number of fused-ring (bicyclic) bond motifs is 2. The molecule has 1 heterocycles. The minimum atomic E-state index is -5.76. The summed E-state index contributed by atoms with van der Waals surface area (Å²) in [4.78, 5) is 0. The molecule has 0 saturated heterocycles. The van der Waals surface area contributed by atoms with E-state index in [1.807, 2.05) is 0 Å². The number of nitrogens with zero attached hydrogens (tertiary/aromatic N) is 2. The molecule has 2 N–H and O–H groups in total. The van der Waals surface area contributed by atoms with E-state index in [2.05, 4.69) is 5.10 Å². The fraction of sp³-hybridized carbons (Fsp3) is 0.0833. The average Bonchev–Trinajstić information content (AvgIpc) is 2.86. The normalized spacial score (nSPS) is 12.9. The second kappa shape index (κ2) is 5.35. The van der Waals surface area contributed by atoms with Gasteiger partial charge in [0, 0.05) is 15.9 Å². The Labute approximate surface area is 138 Å². The maximum Gasteiger partial charge on any atom is 0.518 e. The highest BCUT2D eigenvalue weighted by atomic mass is 35.5. The SMILES string of the molecule is O=S(=O)(n1ncc2c(B(O)O)c3cc(Cl)ccc3cc21)C(F)(F)F. The lowest BCUT2D eigenvalue weighted by Crippen LogP contribution is -2.32. The van der Waals surface area contributed by atoms with E-state index in [1.165, 1.54) is 18.2 Å². The Morgan fingerprint density at radius 2 is 1.83 bits per heavy atom. The van der Waals surface area contributed by atoms with Gasteiger partial charge in [0.25, 0.3) is 0 Å². The van der Waals surface area contributed by atoms with Crippen molar-refractivity contribution in [2.75, 3.05) is 0 Å². The van der Waals surface area contributed by atoms with Crippen molar-refractivity contribution in [3.63, 3.8) is 0 Å². The van der Waals surface area contributed by atoms with Crippen LogP contribution in [0.4, 0.5) is 13.2 Å². The second-order valence-corrected chi connectivity index (χ2v) is 7.10. The third kappa shape index (κ3) is 2.44. The van der Waals surface area contributed by atoms with Crippen LogP contribution in [0.5, 0.6) is 0 Å². The lowest BCUT2D eigenvalue weighted by Gasteiger charge is -2.11. The Morgan fingerprint density at radius 1 is 1.17 bits per heavy atom. The lowest BCUT2D eigenvalue weighted by molar-refractivity contribution is -0.0448. The van der Waals surface area contributed by atoms with Crippen molar-refractivity contribution in [1.82, 2.24) is 9.19 Å². The van der Waals surface area contributed by atoms with Gasteiger partial charge in [0.05, 0.1) is 11.7 Å². The highest BCUT2D eigenvalue weighted by Crippen LogP contribution is 2.30. The molecular formula is C12H7BClF3N2O4S. The highest BCUT2D eigenvalue weighted by Gasteiger charge is 2.48. The molecule has 0 unspecified atom stereocenters. The van der Waals surface area contributed by atoms with Crippen molar-refractivity contribution < 1.29 is 31.6 Å². The zero-order valence-corrected chi connectivity index (χ0v) is 13.1. The molecule has 0 aliphatic heterocycles. The topological polar surface area (TPSA) is 92.4 Å². The average molecular weight is 379 g/mol. The van der Waals surface area contributed by atoms with Crippen LogP contribution in [0, 0.1) is 0 Å². The van der Waals surface area contributed by atoms with Crippen LogP contribution >= 0.6 is 11.6 Å². The summed E-state index contributed by atoms with van der Waals surface area (Å²) in [5, 5.41) is 23.1. The predicted molar refractivity (Wildman–Crippen MR) is 82.4 cm³/mol. The number of hydrogen-bond donors (Lipinski definition) is 2. The predicted octanol–water partition coefficient (Wildman–Crippen LogP) is 1.22. The Hall–Kier alpha value is -1.82. The first-order valence-electron chi connectivity index (χ1n) is 6.32. The van der Waals surface area contributed by atoms with Gasteiger partial charge in [0.2, 0.25) is 0 Å². The molecule has 3 aromatic rings. The molecule has 0 amide bonds. The third-order valence-electron chi connectivity index (χ3n) is 3.44. The molecule has 0 aliphatic rings. The van der Waals surface area contributed by atoms with Crippen LogP contribution in [0.25, 0.3) is 21.7 Å². The van der Waals surface area contributed by atoms with Crippen LogP contribution in [-0.4, -0.2) is 40.3 Å². The number of hydrogen-bond acceptors (Lipinski definition) is 5. The Kier molecular flexibility index (Phi) is 3.79. The third-order valence-corrected chi connectivity index (χ3v) is 5.01. The summed E-state index contributed by atoms with van der Waals surface area (Å²) in [5.74, 6) is 0. The minimum absolute atomic E-state index is 0.146. The van der Waals surface area contributed by atoms with Gasteiger partial charge in [0.15, 0.2) is 0 Å². The van der Waals surface area contributed by atoms with Crippen molar-refractivity contribution in [1.29, 1.82) is 0 Å². The largest absolute Gasteiger partial charge is 0.518 e. The van der Waals surface area contributed by atoms with Crippen molar-refractivity contribution in [3.05, 3.63) is 35.5 Å². The van der Waals surface area contributed by atoms with Gasteiger partial charge in [-0.2, -0.15) is 26.7 Å². The summed E-state index contributed by atoms with van der Waals surface area (Å²) in [7, 11) is -7.83. The molecule has 2 aromatic carbocycles. The molecule has 24 heavy (non-hydrogen) atoms. The molecule has 0 bridgehead atoms. The van der Waals surface area contributed by atoms with E-state index in [4.69, 9.17) is 11.6 Å². The van der Waals surface area contributed by atoms with Gasteiger partial charge in [-0.05, 0) is 29.0 Å². The van der Waals surface area contributed by atoms with Crippen molar-refractivity contribution >= 4 is 55.9 Å². The van der Waals surface area contributed by atoms with Gasteiger partial charge in [-0.3, -0.25) is 0 Å². The molecule has 0 aliphatic carbocycles. The van der Waals surface area contributed by atoms with E-state index in [0.717, 1.165) is 12.3 Å². The van der Waals surface area contributed by atoms with Crippen LogP contribution in [0.3, 0.4) is 0 Å². The van der Waals surface area contributed by atoms with Gasteiger partial charge in [-0.25, -0.2) is 0 Å². The first kappa shape index (κ1) is 17.0. The van der Waals surface area contributed by atoms with Crippen LogP contribution in [0.1, 0.15) is 0 Å². The monoisotopic (exact) mass is 378 g/mol. The molecule has 6 nitrogen and oxygen atoms in total. The summed E-state index contributed by atoms with van der Waals surface area (Å²) >= 11 is 5.86. The fourth-order valence-electron chi connectivity index (χ4n) is 2.43. The van der Waals surface area contributed by atoms with Crippen molar-refractivity contribution in [2.24, 2.45) is 0 Å². The Bertz CT molecular complexity index is 1070. The van der Waals surface area contributed by atoms with Gasteiger partial charge in [-0.1, -0.05) is 17.7 Å². The number of alkyl halides is 3. The van der Waals surface area contributed by atoms with Crippen molar-refractivity contribution in [3.8, 4) is 0 Å². The van der Waals surface area contributed by atoms with Gasteiger partial charge in [0.1, 0.15) is 0 Å². The Balaban J connectivity index is 2.48. The zero-order chi connectivity index (χ0) is 17.9. The molecule has 12 heteroatoms. The Morgan fingerprint density at radius 3 is 2.42 bits per heavy atom. The van der Waals surface area contributed by atoms with Gasteiger partial charge in [-0.15, -0.1) is 4.09 Å². The van der Waals surface area contributed by atoms with Gasteiger partial charge >= 0.3 is 22.7 Å². The molecule has 0 radical (unpaired) electrons. The molecule has 0 saturated carbocycles. The number of rotatable bonds is 2. The molecule has 3 rings (SSSR count). The van der Waals surface area contributed by atoms with E-state index in [0.29, 0.717) is 0 Å². The second-order valence-electron chi connectivity index (χ2n) is 4.90. The molecule has 126 valence electrons. The summed E-state index contributed by atoms with van der Waals surface area (Å²) in [6.07, 6.45) is 0.827. The summed E-state index contributed by atoms with van der Waals surface area (Å²) in [5.41, 5.74) is -6.17. The molecule has 0 atom stereocenters. The van der Waals surface area contributed by atoms with E-state index in [9.17, 15) is 31.6 Å². The van der Waals surface area contributed by atoms with E-state index < -0.39 is 28.2 Å². The quantitative estimate of drug-likeness (QED) is 0.654. The smallest absolute Gasteiger partial charge is 0.423 e. The van der Waals surface area contributed by atoms with E-state index in [1.54, 1.807) is 0 Å². The first-order chi connectivity index (χ1) is 11.0. The molecule has 1 aromatic heterocycles. The lowest BCUT2D eigenvalue weighted by atomic mass is 9.75. The van der Waals surface area contributed by atoms with Crippen LogP contribution in [-0.2, 0) is 10.0 Å². The fourth-order valence-corrected chi connectivity index (χ4v) is 3.38.